The van der Waals surface area contributed by atoms with Crippen LogP contribution in [0.15, 0.2) is 72.9 Å². The number of primary amides is 1. The molecule has 36 heavy (non-hydrogen) atoms. The van der Waals surface area contributed by atoms with Crippen LogP contribution in [-0.4, -0.2) is 48.1 Å². The zero-order chi connectivity index (χ0) is 25.0. The van der Waals surface area contributed by atoms with Gasteiger partial charge in [-0.2, -0.15) is 0 Å². The Morgan fingerprint density at radius 1 is 1.14 bits per heavy atom. The number of fused-ring (bicyclic) bond motifs is 2. The van der Waals surface area contributed by atoms with Crippen molar-refractivity contribution in [1.29, 1.82) is 0 Å². The molecule has 3 N–H and O–H groups in total. The van der Waals surface area contributed by atoms with Gasteiger partial charge >= 0.3 is 0 Å². The molecule has 2 aliphatic heterocycles. The molecule has 2 aromatic carbocycles. The predicted molar refractivity (Wildman–Crippen MR) is 141 cm³/mol. The molecule has 1 fully saturated rings. The number of allylic oxidation sites excluding steroid dienone is 1. The van der Waals surface area contributed by atoms with E-state index in [-0.39, 0.29) is 5.91 Å². The number of carbonyl (C=O) groups is 1. The van der Waals surface area contributed by atoms with Gasteiger partial charge < -0.3 is 25.4 Å². The average molecular weight is 485 g/mol. The number of amides is 1. The van der Waals surface area contributed by atoms with Gasteiger partial charge in [0.25, 0.3) is 0 Å². The summed E-state index contributed by atoms with van der Waals surface area (Å²) >= 11 is 0. The second-order valence-corrected chi connectivity index (χ2v) is 9.37. The molecule has 0 saturated carbocycles. The number of carbonyl (C=O) groups excluding carboxylic acids is 1. The van der Waals surface area contributed by atoms with E-state index in [0.29, 0.717) is 25.1 Å². The monoisotopic (exact) mass is 484 g/mol. The van der Waals surface area contributed by atoms with Gasteiger partial charge in [-0.15, -0.1) is 0 Å². The van der Waals surface area contributed by atoms with Gasteiger partial charge in [-0.3, -0.25) is 4.79 Å². The lowest BCUT2D eigenvalue weighted by molar-refractivity contribution is -0.123. The number of aromatic nitrogens is 1. The second-order valence-electron chi connectivity index (χ2n) is 9.37. The number of pyridine rings is 1. The summed E-state index contributed by atoms with van der Waals surface area (Å²) in [5.74, 6) is 1.92. The van der Waals surface area contributed by atoms with Crippen molar-refractivity contribution in [1.82, 2.24) is 9.88 Å². The fraction of sp³-hybridized carbons (Fsp3) is 0.310. The highest BCUT2D eigenvalue weighted by Gasteiger charge is 2.39. The third-order valence-corrected chi connectivity index (χ3v) is 7.18. The number of benzene rings is 2. The number of para-hydroxylation sites is 1. The van der Waals surface area contributed by atoms with Gasteiger partial charge in [-0.05, 0) is 61.2 Å². The molecule has 7 heteroatoms. The summed E-state index contributed by atoms with van der Waals surface area (Å²) in [6.07, 6.45) is 6.99. The van der Waals surface area contributed by atoms with Crippen LogP contribution in [0.2, 0.25) is 0 Å². The van der Waals surface area contributed by atoms with E-state index in [1.54, 1.807) is 13.3 Å². The number of methoxy groups -OCH3 is 1. The number of likely N-dealkylation sites (tertiary alicyclic amines) is 1. The van der Waals surface area contributed by atoms with E-state index in [1.165, 1.54) is 5.57 Å². The van der Waals surface area contributed by atoms with E-state index in [0.717, 1.165) is 54.4 Å². The number of ether oxygens (including phenoxy) is 2. The molecule has 1 saturated heterocycles. The van der Waals surface area contributed by atoms with Gasteiger partial charge in [-0.25, -0.2) is 4.98 Å². The molecule has 2 aliphatic rings. The minimum Gasteiger partial charge on any atom is -0.496 e. The van der Waals surface area contributed by atoms with Gasteiger partial charge in [0.2, 0.25) is 11.8 Å². The molecule has 0 bridgehead atoms. The van der Waals surface area contributed by atoms with E-state index < -0.39 is 5.54 Å². The number of anilines is 1. The first kappa shape index (κ1) is 23.9. The Bertz CT molecular complexity index is 1250. The van der Waals surface area contributed by atoms with Crippen molar-refractivity contribution in [3.05, 3.63) is 84.1 Å². The van der Waals surface area contributed by atoms with Crippen molar-refractivity contribution in [3.63, 3.8) is 0 Å². The Labute approximate surface area is 211 Å². The number of piperidine rings is 1. The quantitative estimate of drug-likeness (QED) is 0.508. The second kappa shape index (κ2) is 10.4. The largest absolute Gasteiger partial charge is 0.496 e. The highest BCUT2D eigenvalue weighted by Crippen LogP contribution is 2.41. The molecular formula is C29H32N4O3. The first-order valence-corrected chi connectivity index (χ1v) is 12.4. The van der Waals surface area contributed by atoms with Crippen LogP contribution in [0.1, 0.15) is 30.4 Å². The molecule has 0 unspecified atom stereocenters. The Kier molecular flexibility index (Phi) is 6.91. The minimum atomic E-state index is -0.709. The lowest BCUT2D eigenvalue weighted by Crippen LogP contribution is -2.57. The normalized spacial score (nSPS) is 17.9. The number of nitrogens with two attached hydrogens (primary N) is 1. The smallest absolute Gasteiger partial charge is 0.243 e. The molecular weight excluding hydrogens is 452 g/mol. The molecule has 0 radical (unpaired) electrons. The third-order valence-electron chi connectivity index (χ3n) is 7.18. The fourth-order valence-electron chi connectivity index (χ4n) is 5.11. The zero-order valence-electron chi connectivity index (χ0n) is 20.6. The van der Waals surface area contributed by atoms with Crippen LogP contribution in [-0.2, 0) is 11.2 Å². The SMILES string of the molecule is COc1cccc2c1C/C(=C/CCN1CCC(Nc3ccccc3)(C(N)=O)CC1)c1cccnc1O2. The summed E-state index contributed by atoms with van der Waals surface area (Å²) in [6, 6.07) is 19.7. The summed E-state index contributed by atoms with van der Waals surface area (Å²) in [4.78, 5) is 19.3. The molecule has 3 heterocycles. The van der Waals surface area contributed by atoms with Crippen LogP contribution in [0.3, 0.4) is 0 Å². The number of nitrogens with one attached hydrogen (secondary N) is 1. The topological polar surface area (TPSA) is 89.7 Å². The van der Waals surface area contributed by atoms with E-state index in [9.17, 15) is 4.79 Å². The van der Waals surface area contributed by atoms with Gasteiger partial charge in [0, 0.05) is 49.1 Å². The van der Waals surface area contributed by atoms with E-state index in [4.69, 9.17) is 15.2 Å². The van der Waals surface area contributed by atoms with Crippen molar-refractivity contribution >= 4 is 17.2 Å². The van der Waals surface area contributed by atoms with Crippen LogP contribution in [0.4, 0.5) is 5.69 Å². The predicted octanol–water partition coefficient (Wildman–Crippen LogP) is 4.64. The standard InChI is InChI=1S/C29H32N4O3/c1-35-25-12-5-13-26-24(25)20-21(23-11-6-16-31-27(23)36-26)8-7-17-33-18-14-29(15-19-33,28(30)34)32-22-9-3-2-4-10-22/h2-6,8-13,16,32H,7,14-15,17-20H2,1H3,(H2,30,34)/b21-8-. The molecule has 1 aromatic heterocycles. The lowest BCUT2D eigenvalue weighted by Gasteiger charge is -2.40. The van der Waals surface area contributed by atoms with E-state index >= 15 is 0 Å². The Morgan fingerprint density at radius 2 is 1.94 bits per heavy atom. The van der Waals surface area contributed by atoms with Crippen LogP contribution >= 0.6 is 0 Å². The number of hydrogen-bond donors (Lipinski definition) is 2. The van der Waals surface area contributed by atoms with Gasteiger partial charge in [0.05, 0.1) is 7.11 Å². The highest BCUT2D eigenvalue weighted by molar-refractivity contribution is 5.88. The molecule has 0 spiro atoms. The molecule has 7 nitrogen and oxygen atoms in total. The third kappa shape index (κ3) is 4.93. The zero-order valence-corrected chi connectivity index (χ0v) is 20.6. The summed E-state index contributed by atoms with van der Waals surface area (Å²) in [7, 11) is 1.68. The molecule has 0 atom stereocenters. The van der Waals surface area contributed by atoms with Crippen molar-refractivity contribution in [2.45, 2.75) is 31.2 Å². The summed E-state index contributed by atoms with van der Waals surface area (Å²) in [5, 5.41) is 3.41. The molecule has 186 valence electrons. The number of rotatable bonds is 7. The molecule has 0 aliphatic carbocycles. The summed E-state index contributed by atoms with van der Waals surface area (Å²) < 4.78 is 11.8. The molecule has 5 rings (SSSR count). The summed E-state index contributed by atoms with van der Waals surface area (Å²) in [6.45, 7) is 2.52. The highest BCUT2D eigenvalue weighted by atomic mass is 16.5. The van der Waals surface area contributed by atoms with Crippen molar-refractivity contribution in [3.8, 4) is 17.4 Å². The van der Waals surface area contributed by atoms with Gasteiger partial charge in [0.15, 0.2) is 0 Å². The van der Waals surface area contributed by atoms with Crippen LogP contribution in [0.25, 0.3) is 5.57 Å². The maximum absolute atomic E-state index is 12.4. The minimum absolute atomic E-state index is 0.289. The molecule has 1 amide bonds. The number of nitrogens with zero attached hydrogens (tertiary/aromatic N) is 2. The Morgan fingerprint density at radius 3 is 2.69 bits per heavy atom. The Hall–Kier alpha value is -3.84. The maximum atomic E-state index is 12.4. The average Bonchev–Trinajstić information content (AvgIpc) is 3.06. The fourth-order valence-corrected chi connectivity index (χ4v) is 5.11. The van der Waals surface area contributed by atoms with E-state index in [2.05, 4.69) is 27.3 Å². The van der Waals surface area contributed by atoms with Crippen LogP contribution in [0.5, 0.6) is 17.4 Å². The van der Waals surface area contributed by atoms with Crippen molar-refractivity contribution in [2.24, 2.45) is 5.73 Å². The van der Waals surface area contributed by atoms with Gasteiger partial charge in [-0.1, -0.05) is 30.3 Å². The van der Waals surface area contributed by atoms with Crippen LogP contribution in [0, 0.1) is 0 Å². The van der Waals surface area contributed by atoms with Crippen LogP contribution < -0.4 is 20.5 Å². The van der Waals surface area contributed by atoms with Crippen molar-refractivity contribution < 1.29 is 14.3 Å². The lowest BCUT2D eigenvalue weighted by atomic mass is 9.86. The first-order valence-electron chi connectivity index (χ1n) is 12.4. The summed E-state index contributed by atoms with van der Waals surface area (Å²) in [5.41, 5.74) is 9.29. The Balaban J connectivity index is 1.28. The maximum Gasteiger partial charge on any atom is 0.243 e. The van der Waals surface area contributed by atoms with E-state index in [1.807, 2.05) is 54.6 Å². The number of hydrogen-bond acceptors (Lipinski definition) is 6. The van der Waals surface area contributed by atoms with Crippen molar-refractivity contribution in [2.75, 3.05) is 32.1 Å². The first-order chi connectivity index (χ1) is 17.6. The molecule has 3 aromatic rings. The van der Waals surface area contributed by atoms with Gasteiger partial charge in [0.1, 0.15) is 17.0 Å².